The molecule has 3 nitrogen and oxygen atoms in total. The maximum Gasteiger partial charge on any atom is 0.102 e. The van der Waals surface area contributed by atoms with E-state index in [0.717, 1.165) is 6.42 Å². The molecule has 0 bridgehead atoms. The molecule has 3 N–H and O–H groups in total. The van der Waals surface area contributed by atoms with Crippen LogP contribution in [0.4, 0.5) is 0 Å². The molecule has 0 aromatic heterocycles. The van der Waals surface area contributed by atoms with Crippen LogP contribution in [0.3, 0.4) is 0 Å². The zero-order chi connectivity index (χ0) is 7.33. The number of unbranched alkanes of at least 4 members (excludes halogenated alkanes) is 1. The molecule has 0 radical (unpaired) electrons. The van der Waals surface area contributed by atoms with E-state index >= 15 is 0 Å². The molecule has 1 atom stereocenters. The van der Waals surface area contributed by atoms with Gasteiger partial charge in [0.1, 0.15) is 9.92 Å². The van der Waals surface area contributed by atoms with Gasteiger partial charge in [0.15, 0.2) is 0 Å². The Labute approximate surface area is 56.1 Å². The van der Waals surface area contributed by atoms with E-state index in [1.165, 1.54) is 0 Å². The van der Waals surface area contributed by atoms with Gasteiger partial charge in [-0.25, -0.2) is 14.1 Å². The molecule has 0 saturated carbocycles. The van der Waals surface area contributed by atoms with Crippen molar-refractivity contribution in [1.82, 2.24) is 0 Å². The molecule has 0 fully saturated rings. The highest BCUT2D eigenvalue weighted by molar-refractivity contribution is 7.90. The maximum absolute atomic E-state index is 10.5. The molecule has 0 aliphatic heterocycles. The van der Waals surface area contributed by atoms with Crippen molar-refractivity contribution in [2.45, 2.75) is 12.8 Å². The second-order valence-electron chi connectivity index (χ2n) is 1.86. The monoisotopic (exact) mass is 148 g/mol. The molecule has 0 heterocycles. The van der Waals surface area contributed by atoms with Gasteiger partial charge in [0.2, 0.25) is 0 Å². The van der Waals surface area contributed by atoms with Gasteiger partial charge in [0.05, 0.1) is 0 Å². The summed E-state index contributed by atoms with van der Waals surface area (Å²) in [5.41, 5.74) is 0. The molecular weight excluding hydrogens is 136 g/mol. The molecule has 4 heteroatoms. The zero-order valence-electron chi connectivity index (χ0n) is 5.30. The Kier molecular flexibility index (Phi) is 3.49. The third kappa shape index (κ3) is 7.65. The van der Waals surface area contributed by atoms with Crippen molar-refractivity contribution < 1.29 is 4.21 Å². The Bertz CT molecular complexity index is 171. The molecule has 0 amide bonds. The Morgan fingerprint density at radius 1 is 1.78 bits per heavy atom. The van der Waals surface area contributed by atoms with Crippen molar-refractivity contribution in [3.8, 4) is 0 Å². The number of rotatable bonds is 4. The average molecular weight is 148 g/mol. The van der Waals surface area contributed by atoms with Gasteiger partial charge in [-0.05, 0) is 12.8 Å². The summed E-state index contributed by atoms with van der Waals surface area (Å²) in [6.07, 6.45) is 3.21. The van der Waals surface area contributed by atoms with Crippen LogP contribution < -0.4 is 5.14 Å². The summed E-state index contributed by atoms with van der Waals surface area (Å²) in [5, 5.41) is 4.94. The number of hydrogen-bond acceptors (Lipinski definition) is 2. The third-order valence-corrected chi connectivity index (χ3v) is 1.75. The second-order valence-corrected chi connectivity index (χ2v) is 3.72. The summed E-state index contributed by atoms with van der Waals surface area (Å²) in [7, 11) is -2.74. The van der Waals surface area contributed by atoms with Crippen LogP contribution in [-0.2, 0) is 9.92 Å². The van der Waals surface area contributed by atoms with Gasteiger partial charge in [-0.1, -0.05) is 6.08 Å². The van der Waals surface area contributed by atoms with E-state index in [-0.39, 0.29) is 5.75 Å². The standard InChI is InChI=1S/C5H12N2OS/c1-2-3-4-5-9(6,7)8/h2H,1,3-5H2,(H3,6,7,8). The first-order valence-corrected chi connectivity index (χ1v) is 4.50. The van der Waals surface area contributed by atoms with Crippen LogP contribution in [0.5, 0.6) is 0 Å². The predicted octanol–water partition coefficient (Wildman–Crippen LogP) is 0.873. The second kappa shape index (κ2) is 3.63. The zero-order valence-corrected chi connectivity index (χ0v) is 6.12. The molecule has 0 aromatic carbocycles. The first-order chi connectivity index (χ1) is 4.06. The van der Waals surface area contributed by atoms with E-state index in [4.69, 9.17) is 9.92 Å². The molecule has 0 rings (SSSR count). The summed E-state index contributed by atoms with van der Waals surface area (Å²) in [6, 6.07) is 0. The lowest BCUT2D eigenvalue weighted by molar-refractivity contribution is 0.673. The fraction of sp³-hybridized carbons (Fsp3) is 0.600. The molecule has 1 unspecified atom stereocenters. The van der Waals surface area contributed by atoms with Crippen LogP contribution in [0.15, 0.2) is 12.7 Å². The van der Waals surface area contributed by atoms with Crippen molar-refractivity contribution in [2.75, 3.05) is 5.75 Å². The van der Waals surface area contributed by atoms with E-state index < -0.39 is 9.92 Å². The number of nitrogens with one attached hydrogen (secondary N) is 1. The van der Waals surface area contributed by atoms with Gasteiger partial charge in [-0.15, -0.1) is 6.58 Å². The maximum atomic E-state index is 10.5. The molecule has 0 aromatic rings. The van der Waals surface area contributed by atoms with E-state index in [1.54, 1.807) is 6.08 Å². The highest BCUT2D eigenvalue weighted by atomic mass is 32.2. The van der Waals surface area contributed by atoms with E-state index in [0.29, 0.717) is 6.42 Å². The van der Waals surface area contributed by atoms with Crippen molar-refractivity contribution in [3.05, 3.63) is 12.7 Å². The molecule has 9 heavy (non-hydrogen) atoms. The first kappa shape index (κ1) is 8.65. The van der Waals surface area contributed by atoms with Gasteiger partial charge in [-0.2, -0.15) is 0 Å². The average Bonchev–Trinajstić information content (AvgIpc) is 1.63. The normalized spacial score (nSPS) is 16.6. The Hall–Kier alpha value is -0.350. The molecule has 0 saturated heterocycles. The van der Waals surface area contributed by atoms with Crippen molar-refractivity contribution in [3.63, 3.8) is 0 Å². The minimum atomic E-state index is -2.74. The topological polar surface area (TPSA) is 66.9 Å². The smallest absolute Gasteiger partial charge is 0.102 e. The highest BCUT2D eigenvalue weighted by Gasteiger charge is 1.94. The minimum absolute atomic E-state index is 0.277. The third-order valence-electron chi connectivity index (χ3n) is 0.856. The lowest BCUT2D eigenvalue weighted by Crippen LogP contribution is -2.14. The molecule has 0 aliphatic carbocycles. The fourth-order valence-corrected chi connectivity index (χ4v) is 1.04. The fourth-order valence-electron chi connectivity index (χ4n) is 0.442. The van der Waals surface area contributed by atoms with Crippen LogP contribution in [0.25, 0.3) is 0 Å². The quantitative estimate of drug-likeness (QED) is 0.451. The lowest BCUT2D eigenvalue weighted by atomic mass is 10.3. The molecule has 0 aliphatic rings. The Morgan fingerprint density at radius 3 is 2.67 bits per heavy atom. The number of nitrogens with two attached hydrogens (primary N) is 1. The van der Waals surface area contributed by atoms with Crippen LogP contribution in [0, 0.1) is 4.78 Å². The van der Waals surface area contributed by atoms with Crippen LogP contribution in [-0.4, -0.2) is 9.96 Å². The summed E-state index contributed by atoms with van der Waals surface area (Å²) in [4.78, 5) is 0. The summed E-state index contributed by atoms with van der Waals surface area (Å²) in [5.74, 6) is 0.277. The van der Waals surface area contributed by atoms with Crippen LogP contribution in [0.2, 0.25) is 0 Å². The largest absolute Gasteiger partial charge is 0.245 e. The number of allylic oxidation sites excluding steroid dienone is 1. The van der Waals surface area contributed by atoms with E-state index in [9.17, 15) is 4.21 Å². The first-order valence-electron chi connectivity index (χ1n) is 2.71. The molecular formula is C5H12N2OS. The lowest BCUT2D eigenvalue weighted by Gasteiger charge is -1.95. The predicted molar refractivity (Wildman–Crippen MR) is 39.3 cm³/mol. The summed E-state index contributed by atoms with van der Waals surface area (Å²) >= 11 is 0. The van der Waals surface area contributed by atoms with Gasteiger partial charge in [-0.3, -0.25) is 0 Å². The van der Waals surface area contributed by atoms with Crippen LogP contribution in [0.1, 0.15) is 12.8 Å². The van der Waals surface area contributed by atoms with Crippen LogP contribution >= 0.6 is 0 Å². The molecule has 0 spiro atoms. The van der Waals surface area contributed by atoms with Crippen molar-refractivity contribution in [2.24, 2.45) is 5.14 Å². The summed E-state index contributed by atoms with van der Waals surface area (Å²) < 4.78 is 17.3. The SMILES string of the molecule is C=CCCCS(=N)(N)=O. The van der Waals surface area contributed by atoms with Crippen molar-refractivity contribution >= 4 is 9.92 Å². The summed E-state index contributed by atoms with van der Waals surface area (Å²) in [6.45, 7) is 3.49. The van der Waals surface area contributed by atoms with Gasteiger partial charge in [0.25, 0.3) is 0 Å². The highest BCUT2D eigenvalue weighted by Crippen LogP contribution is 1.91. The van der Waals surface area contributed by atoms with E-state index in [1.807, 2.05) is 0 Å². The van der Waals surface area contributed by atoms with Gasteiger partial charge in [0, 0.05) is 5.75 Å². The number of hydrogen-bond donors (Lipinski definition) is 2. The Balaban J connectivity index is 3.40. The van der Waals surface area contributed by atoms with Gasteiger partial charge >= 0.3 is 0 Å². The molecule has 54 valence electrons. The van der Waals surface area contributed by atoms with E-state index in [2.05, 4.69) is 6.58 Å². The minimum Gasteiger partial charge on any atom is -0.245 e. The Morgan fingerprint density at radius 2 is 2.33 bits per heavy atom. The van der Waals surface area contributed by atoms with Gasteiger partial charge < -0.3 is 0 Å². The van der Waals surface area contributed by atoms with Crippen molar-refractivity contribution in [1.29, 1.82) is 4.78 Å².